The van der Waals surface area contributed by atoms with Crippen molar-refractivity contribution in [1.82, 2.24) is 0 Å². The molecular formula is C13H17ClF3NO2S. The summed E-state index contributed by atoms with van der Waals surface area (Å²) in [6, 6.07) is 5.03. The summed E-state index contributed by atoms with van der Waals surface area (Å²) in [4.78, 5) is -0.752. The Kier molecular flexibility index (Phi) is 6.34. The van der Waals surface area contributed by atoms with Gasteiger partial charge in [0.05, 0.1) is 10.6 Å². The Hall–Kier alpha value is -0.950. The second-order valence-electron chi connectivity index (χ2n) is 4.58. The van der Waals surface area contributed by atoms with Crippen LogP contribution >= 0.6 is 11.6 Å². The highest BCUT2D eigenvalue weighted by Crippen LogP contribution is 2.34. The molecule has 21 heavy (non-hydrogen) atoms. The first-order valence-corrected chi connectivity index (χ1v) is 8.46. The van der Waals surface area contributed by atoms with Gasteiger partial charge >= 0.3 is 5.51 Å². The highest BCUT2D eigenvalue weighted by Gasteiger charge is 2.47. The summed E-state index contributed by atoms with van der Waals surface area (Å²) in [5, 5.41) is 2.79. The summed E-state index contributed by atoms with van der Waals surface area (Å²) in [7, 11) is -5.36. The van der Waals surface area contributed by atoms with E-state index in [2.05, 4.69) is 5.32 Å². The predicted octanol–water partition coefficient (Wildman–Crippen LogP) is 4.05. The molecule has 0 amide bonds. The fraction of sp³-hybridized carbons (Fsp3) is 0.538. The largest absolute Gasteiger partial charge is 0.501 e. The first-order chi connectivity index (χ1) is 9.74. The molecule has 1 N–H and O–H groups in total. The Labute approximate surface area is 127 Å². The number of hydrogen-bond acceptors (Lipinski definition) is 3. The minimum Gasteiger partial charge on any atom is -0.384 e. The van der Waals surface area contributed by atoms with Crippen LogP contribution in [0.15, 0.2) is 29.2 Å². The molecule has 0 radical (unpaired) electrons. The number of para-hydroxylation sites is 1. The maximum atomic E-state index is 12.7. The van der Waals surface area contributed by atoms with Crippen molar-refractivity contribution in [2.24, 2.45) is 5.92 Å². The molecule has 0 aliphatic rings. The maximum absolute atomic E-state index is 12.7. The molecule has 0 fully saturated rings. The van der Waals surface area contributed by atoms with E-state index in [1.807, 2.05) is 6.92 Å². The molecule has 0 aliphatic heterocycles. The first-order valence-electron chi connectivity index (χ1n) is 6.44. The molecule has 1 rings (SSSR count). The summed E-state index contributed by atoms with van der Waals surface area (Å²) < 4.78 is 61.0. The van der Waals surface area contributed by atoms with Crippen LogP contribution in [0.2, 0.25) is 0 Å². The molecule has 0 saturated heterocycles. The van der Waals surface area contributed by atoms with Crippen molar-refractivity contribution in [3.05, 3.63) is 24.3 Å². The smallest absolute Gasteiger partial charge is 0.384 e. The van der Waals surface area contributed by atoms with Crippen LogP contribution in [0.5, 0.6) is 0 Å². The van der Waals surface area contributed by atoms with Gasteiger partial charge in [-0.2, -0.15) is 13.2 Å². The molecule has 8 heteroatoms. The fourth-order valence-corrected chi connectivity index (χ4v) is 3.08. The van der Waals surface area contributed by atoms with Crippen LogP contribution in [0, 0.1) is 5.92 Å². The molecule has 1 aromatic rings. The Morgan fingerprint density at radius 1 is 1.29 bits per heavy atom. The molecule has 0 heterocycles. The van der Waals surface area contributed by atoms with Crippen LogP contribution in [0.1, 0.15) is 19.8 Å². The van der Waals surface area contributed by atoms with Gasteiger partial charge in [0.1, 0.15) is 0 Å². The van der Waals surface area contributed by atoms with Crippen LogP contribution in [0.25, 0.3) is 0 Å². The van der Waals surface area contributed by atoms with Gasteiger partial charge in [0.2, 0.25) is 0 Å². The van der Waals surface area contributed by atoms with E-state index in [4.69, 9.17) is 11.6 Å². The normalized spacial score (nSPS) is 14.0. The van der Waals surface area contributed by atoms with Gasteiger partial charge < -0.3 is 5.32 Å². The number of alkyl halides is 4. The Morgan fingerprint density at radius 3 is 2.43 bits per heavy atom. The summed E-state index contributed by atoms with van der Waals surface area (Å²) in [6.07, 6.45) is 1.51. The molecule has 0 spiro atoms. The van der Waals surface area contributed by atoms with E-state index < -0.39 is 20.2 Å². The molecule has 3 nitrogen and oxygen atoms in total. The van der Waals surface area contributed by atoms with Crippen molar-refractivity contribution in [1.29, 1.82) is 0 Å². The maximum Gasteiger partial charge on any atom is 0.501 e. The van der Waals surface area contributed by atoms with Gasteiger partial charge in [0, 0.05) is 12.4 Å². The highest BCUT2D eigenvalue weighted by molar-refractivity contribution is 7.92. The van der Waals surface area contributed by atoms with Crippen LogP contribution in [0.3, 0.4) is 0 Å². The van der Waals surface area contributed by atoms with Crippen molar-refractivity contribution >= 4 is 27.1 Å². The number of hydrogen-bond donors (Lipinski definition) is 1. The summed E-state index contributed by atoms with van der Waals surface area (Å²) in [5.74, 6) is 0.618. The molecule has 0 aromatic heterocycles. The second-order valence-corrected chi connectivity index (χ2v) is 6.87. The van der Waals surface area contributed by atoms with Crippen molar-refractivity contribution < 1.29 is 21.6 Å². The molecular weight excluding hydrogens is 327 g/mol. The van der Waals surface area contributed by atoms with E-state index >= 15 is 0 Å². The topological polar surface area (TPSA) is 46.2 Å². The van der Waals surface area contributed by atoms with E-state index in [9.17, 15) is 21.6 Å². The summed E-state index contributed by atoms with van der Waals surface area (Å²) in [5.41, 5.74) is -5.35. The van der Waals surface area contributed by atoms with E-state index in [0.717, 1.165) is 12.5 Å². The third-order valence-corrected chi connectivity index (χ3v) is 4.92. The lowest BCUT2D eigenvalue weighted by molar-refractivity contribution is -0.0435. The van der Waals surface area contributed by atoms with Crippen LogP contribution < -0.4 is 5.32 Å². The molecule has 1 unspecified atom stereocenters. The molecule has 0 saturated carbocycles. The number of anilines is 1. The van der Waals surface area contributed by atoms with Crippen molar-refractivity contribution in [3.8, 4) is 0 Å². The number of sulfone groups is 1. The molecule has 120 valence electrons. The molecule has 1 atom stereocenters. The Bertz CT molecular complexity index is 561. The third-order valence-electron chi connectivity index (χ3n) is 3.16. The lowest BCUT2D eigenvalue weighted by atomic mass is 10.0. The first kappa shape index (κ1) is 18.1. The monoisotopic (exact) mass is 343 g/mol. The van der Waals surface area contributed by atoms with Gasteiger partial charge in [0.15, 0.2) is 0 Å². The predicted molar refractivity (Wildman–Crippen MR) is 77.3 cm³/mol. The van der Waals surface area contributed by atoms with E-state index in [-0.39, 0.29) is 11.6 Å². The third kappa shape index (κ3) is 4.51. The Balaban J connectivity index is 3.01. The van der Waals surface area contributed by atoms with Crippen molar-refractivity contribution in [2.45, 2.75) is 30.2 Å². The standard InChI is InChI=1S/C13H17ClF3NO2S/c1-2-10(7-8-14)9-18-11-5-3-4-6-12(11)21(19,20)13(15,16)17/h3-6,10,18H,2,7-9H2,1H3. The van der Waals surface area contributed by atoms with Crippen molar-refractivity contribution in [3.63, 3.8) is 0 Å². The molecule has 1 aromatic carbocycles. The lowest BCUT2D eigenvalue weighted by Gasteiger charge is -2.18. The average molecular weight is 344 g/mol. The number of benzene rings is 1. The number of halogens is 4. The molecule has 0 aliphatic carbocycles. The van der Waals surface area contributed by atoms with Gasteiger partial charge in [0.25, 0.3) is 9.84 Å². The van der Waals surface area contributed by atoms with Crippen LogP contribution in [-0.2, 0) is 9.84 Å². The number of rotatable bonds is 7. The van der Waals surface area contributed by atoms with E-state index in [0.29, 0.717) is 18.8 Å². The summed E-state index contributed by atoms with van der Waals surface area (Å²) in [6.45, 7) is 2.31. The SMILES string of the molecule is CCC(CCCl)CNc1ccccc1S(=O)(=O)C(F)(F)F. The van der Waals surface area contributed by atoms with E-state index in [1.54, 1.807) is 0 Å². The van der Waals surface area contributed by atoms with Crippen LogP contribution in [-0.4, -0.2) is 26.4 Å². The van der Waals surface area contributed by atoms with Gasteiger partial charge in [-0.15, -0.1) is 11.6 Å². The zero-order valence-electron chi connectivity index (χ0n) is 11.5. The van der Waals surface area contributed by atoms with E-state index in [1.165, 1.54) is 18.2 Å². The minimum absolute atomic E-state index is 0.0390. The summed E-state index contributed by atoms with van der Waals surface area (Å²) >= 11 is 5.65. The zero-order valence-corrected chi connectivity index (χ0v) is 13.0. The highest BCUT2D eigenvalue weighted by atomic mass is 35.5. The van der Waals surface area contributed by atoms with Gasteiger partial charge in [-0.1, -0.05) is 25.5 Å². The molecule has 0 bridgehead atoms. The Morgan fingerprint density at radius 2 is 1.90 bits per heavy atom. The van der Waals surface area contributed by atoms with Gasteiger partial charge in [-0.25, -0.2) is 8.42 Å². The second kappa shape index (κ2) is 7.35. The van der Waals surface area contributed by atoms with Gasteiger partial charge in [-0.05, 0) is 24.5 Å². The van der Waals surface area contributed by atoms with Gasteiger partial charge in [-0.3, -0.25) is 0 Å². The quantitative estimate of drug-likeness (QED) is 0.760. The average Bonchev–Trinajstić information content (AvgIpc) is 2.42. The van der Waals surface area contributed by atoms with Crippen LogP contribution in [0.4, 0.5) is 18.9 Å². The fourth-order valence-electron chi connectivity index (χ4n) is 1.83. The number of nitrogens with one attached hydrogen (secondary N) is 1. The van der Waals surface area contributed by atoms with Crippen molar-refractivity contribution in [2.75, 3.05) is 17.7 Å². The zero-order chi connectivity index (χ0) is 16.1. The lowest BCUT2D eigenvalue weighted by Crippen LogP contribution is -2.25. The minimum atomic E-state index is -5.36.